The molecular weight excluding hydrogens is 350 g/mol. The Bertz CT molecular complexity index is 942. The number of amides is 1. The second kappa shape index (κ2) is 7.91. The summed E-state index contributed by atoms with van der Waals surface area (Å²) < 4.78 is 9.41. The molecule has 0 saturated carbocycles. The molecule has 1 atom stereocenters. The highest BCUT2D eigenvalue weighted by Crippen LogP contribution is 2.26. The molecular formula is C18H25N5O4. The average Bonchev–Trinajstić information content (AvgIpc) is 3.15. The Balaban J connectivity index is 1.83. The summed E-state index contributed by atoms with van der Waals surface area (Å²) in [5, 5.41) is 0. The van der Waals surface area contributed by atoms with Gasteiger partial charge in [0, 0.05) is 65.2 Å². The highest BCUT2D eigenvalue weighted by molar-refractivity contribution is 5.92. The van der Waals surface area contributed by atoms with Crippen LogP contribution in [0.3, 0.4) is 0 Å². The van der Waals surface area contributed by atoms with Crippen LogP contribution in [0.5, 0.6) is 0 Å². The number of aromatic nitrogens is 4. The summed E-state index contributed by atoms with van der Waals surface area (Å²) in [7, 11) is 4.57. The average molecular weight is 375 g/mol. The summed E-state index contributed by atoms with van der Waals surface area (Å²) in [5.41, 5.74) is -0.869. The lowest BCUT2D eigenvalue weighted by Gasteiger charge is -2.33. The van der Waals surface area contributed by atoms with Crippen LogP contribution in [-0.2, 0) is 25.4 Å². The van der Waals surface area contributed by atoms with Gasteiger partial charge >= 0.3 is 5.69 Å². The number of hydrogen-bond acceptors (Lipinski definition) is 5. The molecule has 1 aliphatic heterocycles. The second-order valence-electron chi connectivity index (χ2n) is 6.83. The van der Waals surface area contributed by atoms with Crippen molar-refractivity contribution in [3.05, 3.63) is 50.8 Å². The van der Waals surface area contributed by atoms with Crippen LogP contribution in [0.2, 0.25) is 0 Å². The van der Waals surface area contributed by atoms with Crippen LogP contribution < -0.4 is 11.2 Å². The number of piperidine rings is 1. The van der Waals surface area contributed by atoms with Gasteiger partial charge in [0.05, 0.1) is 6.61 Å². The van der Waals surface area contributed by atoms with Crippen molar-refractivity contribution in [3.8, 4) is 0 Å². The summed E-state index contributed by atoms with van der Waals surface area (Å²) in [6.45, 7) is 2.40. The molecule has 1 saturated heterocycles. The number of likely N-dealkylation sites (tertiary alicyclic amines) is 1. The highest BCUT2D eigenvalue weighted by Gasteiger charge is 2.29. The van der Waals surface area contributed by atoms with Gasteiger partial charge < -0.3 is 14.2 Å². The van der Waals surface area contributed by atoms with Crippen molar-refractivity contribution in [2.24, 2.45) is 14.1 Å². The zero-order valence-electron chi connectivity index (χ0n) is 15.9. The molecule has 27 heavy (non-hydrogen) atoms. The first-order valence-corrected chi connectivity index (χ1v) is 9.00. The van der Waals surface area contributed by atoms with E-state index >= 15 is 0 Å². The molecule has 9 nitrogen and oxygen atoms in total. The van der Waals surface area contributed by atoms with E-state index in [9.17, 15) is 14.4 Å². The van der Waals surface area contributed by atoms with Crippen LogP contribution in [0.1, 0.15) is 35.1 Å². The van der Waals surface area contributed by atoms with Gasteiger partial charge in [-0.3, -0.25) is 18.7 Å². The molecule has 0 aromatic carbocycles. The maximum absolute atomic E-state index is 13.0. The van der Waals surface area contributed by atoms with E-state index in [2.05, 4.69) is 9.55 Å². The summed E-state index contributed by atoms with van der Waals surface area (Å²) in [4.78, 5) is 43.2. The van der Waals surface area contributed by atoms with E-state index in [0.29, 0.717) is 26.2 Å². The summed E-state index contributed by atoms with van der Waals surface area (Å²) in [5.74, 6) is 0.743. The molecule has 1 amide bonds. The molecule has 1 aliphatic rings. The zero-order valence-corrected chi connectivity index (χ0v) is 15.9. The molecule has 0 aliphatic carbocycles. The van der Waals surface area contributed by atoms with Gasteiger partial charge in [-0.05, 0) is 12.8 Å². The maximum atomic E-state index is 13.0. The standard InChI is InChI=1S/C18H25N5O4/c1-20-14(11-15(24)21(2)18(20)26)17(25)23-7-4-5-13(12-23)16-19-6-8-22(16)9-10-27-3/h6,8,11,13H,4-5,7,9-10,12H2,1-3H3/t13-/m1/s1. The first-order valence-electron chi connectivity index (χ1n) is 9.00. The van der Waals surface area contributed by atoms with Gasteiger partial charge in [-0.25, -0.2) is 9.78 Å². The quantitative estimate of drug-likeness (QED) is 0.731. The Hall–Kier alpha value is -2.68. The Labute approximate surface area is 156 Å². The fraction of sp³-hybridized carbons (Fsp3) is 0.556. The summed E-state index contributed by atoms with van der Waals surface area (Å²) in [6, 6.07) is 1.23. The molecule has 2 aromatic rings. The monoisotopic (exact) mass is 375 g/mol. The van der Waals surface area contributed by atoms with E-state index in [-0.39, 0.29) is 17.5 Å². The number of imidazole rings is 1. The van der Waals surface area contributed by atoms with Crippen molar-refractivity contribution >= 4 is 5.91 Å². The number of ether oxygens (including phenoxy) is 1. The van der Waals surface area contributed by atoms with Gasteiger partial charge in [0.1, 0.15) is 11.5 Å². The Morgan fingerprint density at radius 3 is 2.81 bits per heavy atom. The third-order valence-corrected chi connectivity index (χ3v) is 5.10. The first-order chi connectivity index (χ1) is 12.9. The van der Waals surface area contributed by atoms with E-state index in [0.717, 1.165) is 23.2 Å². The van der Waals surface area contributed by atoms with Crippen LogP contribution in [0, 0.1) is 0 Å². The Morgan fingerprint density at radius 1 is 1.30 bits per heavy atom. The minimum atomic E-state index is -0.505. The molecule has 0 radical (unpaired) electrons. The molecule has 9 heteroatoms. The summed E-state index contributed by atoms with van der Waals surface area (Å²) in [6.07, 6.45) is 5.45. The fourth-order valence-electron chi connectivity index (χ4n) is 3.53. The molecule has 0 unspecified atom stereocenters. The normalized spacial score (nSPS) is 17.3. The van der Waals surface area contributed by atoms with Crippen molar-refractivity contribution in [1.29, 1.82) is 0 Å². The van der Waals surface area contributed by atoms with Gasteiger partial charge in [-0.2, -0.15) is 0 Å². The lowest BCUT2D eigenvalue weighted by molar-refractivity contribution is 0.0690. The molecule has 2 aromatic heterocycles. The van der Waals surface area contributed by atoms with Crippen LogP contribution in [0.15, 0.2) is 28.0 Å². The molecule has 0 bridgehead atoms. The van der Waals surface area contributed by atoms with E-state index < -0.39 is 11.2 Å². The van der Waals surface area contributed by atoms with Crippen molar-refractivity contribution in [2.75, 3.05) is 26.8 Å². The molecule has 0 N–H and O–H groups in total. The first kappa shape index (κ1) is 19.1. The maximum Gasteiger partial charge on any atom is 0.331 e. The minimum absolute atomic E-state index is 0.109. The van der Waals surface area contributed by atoms with Crippen LogP contribution in [0.25, 0.3) is 0 Å². The predicted molar refractivity (Wildman–Crippen MR) is 98.9 cm³/mol. The Morgan fingerprint density at radius 2 is 2.07 bits per heavy atom. The fourth-order valence-corrected chi connectivity index (χ4v) is 3.53. The number of nitrogens with zero attached hydrogens (tertiary/aromatic N) is 5. The number of rotatable bonds is 5. The van der Waals surface area contributed by atoms with Crippen LogP contribution in [-0.4, -0.2) is 56.3 Å². The number of hydrogen-bond donors (Lipinski definition) is 0. The van der Waals surface area contributed by atoms with Crippen LogP contribution >= 0.6 is 0 Å². The molecule has 3 heterocycles. The van der Waals surface area contributed by atoms with Gasteiger partial charge in [0.15, 0.2) is 0 Å². The largest absolute Gasteiger partial charge is 0.383 e. The van der Waals surface area contributed by atoms with Crippen LogP contribution in [0.4, 0.5) is 0 Å². The Kier molecular flexibility index (Phi) is 5.59. The van der Waals surface area contributed by atoms with Gasteiger partial charge in [0.25, 0.3) is 11.5 Å². The topological polar surface area (TPSA) is 91.4 Å². The van der Waals surface area contributed by atoms with Crippen molar-refractivity contribution in [2.45, 2.75) is 25.3 Å². The van der Waals surface area contributed by atoms with E-state index in [1.165, 1.54) is 24.7 Å². The lowest BCUT2D eigenvalue weighted by atomic mass is 9.96. The van der Waals surface area contributed by atoms with Gasteiger partial charge in [-0.15, -0.1) is 0 Å². The van der Waals surface area contributed by atoms with Crippen molar-refractivity contribution in [1.82, 2.24) is 23.6 Å². The molecule has 146 valence electrons. The second-order valence-corrected chi connectivity index (χ2v) is 6.83. The zero-order chi connectivity index (χ0) is 19.6. The SMILES string of the molecule is COCCn1ccnc1[C@@H]1CCCN(C(=O)c2cc(=O)n(C)c(=O)n2C)C1. The smallest absolute Gasteiger partial charge is 0.331 e. The predicted octanol–water partition coefficient (Wildman–Crippen LogP) is -0.0533. The third-order valence-electron chi connectivity index (χ3n) is 5.10. The van der Waals surface area contributed by atoms with Gasteiger partial charge in [0.2, 0.25) is 0 Å². The van der Waals surface area contributed by atoms with E-state index in [1.807, 2.05) is 6.20 Å². The highest BCUT2D eigenvalue weighted by atomic mass is 16.5. The van der Waals surface area contributed by atoms with Crippen molar-refractivity contribution < 1.29 is 9.53 Å². The summed E-state index contributed by atoms with van der Waals surface area (Å²) >= 11 is 0. The lowest BCUT2D eigenvalue weighted by Crippen LogP contribution is -2.45. The number of methoxy groups -OCH3 is 1. The van der Waals surface area contributed by atoms with E-state index in [4.69, 9.17) is 4.74 Å². The molecule has 0 spiro atoms. The number of carbonyl (C=O) groups is 1. The third kappa shape index (κ3) is 3.73. The van der Waals surface area contributed by atoms with Gasteiger partial charge in [-0.1, -0.05) is 0 Å². The molecule has 1 fully saturated rings. The number of carbonyl (C=O) groups excluding carboxylic acids is 1. The van der Waals surface area contributed by atoms with Crippen molar-refractivity contribution in [3.63, 3.8) is 0 Å². The minimum Gasteiger partial charge on any atom is -0.383 e. The molecule has 3 rings (SSSR count). The van der Waals surface area contributed by atoms with E-state index in [1.54, 1.807) is 18.2 Å².